The molecule has 0 saturated carbocycles. The van der Waals surface area contributed by atoms with E-state index in [1.807, 2.05) is 11.0 Å². The number of amides is 1. The van der Waals surface area contributed by atoms with E-state index < -0.39 is 0 Å². The second-order valence-electron chi connectivity index (χ2n) is 5.85. The van der Waals surface area contributed by atoms with Crippen LogP contribution < -0.4 is 5.32 Å². The summed E-state index contributed by atoms with van der Waals surface area (Å²) in [5.74, 6) is 0.257. The fourth-order valence-electron chi connectivity index (χ4n) is 2.72. The number of hydrogen-bond acceptors (Lipinski definition) is 2. The molecule has 110 valence electrons. The van der Waals surface area contributed by atoms with Gasteiger partial charge >= 0.3 is 0 Å². The first kappa shape index (κ1) is 15.0. The molecule has 2 atom stereocenters. The molecule has 1 aromatic carbocycles. The maximum Gasteiger partial charge on any atom is 0.241 e. The van der Waals surface area contributed by atoms with Gasteiger partial charge in [0.05, 0.1) is 6.04 Å². The molecule has 1 aromatic rings. The van der Waals surface area contributed by atoms with E-state index in [-0.39, 0.29) is 23.9 Å². The minimum absolute atomic E-state index is 0.134. The average molecular weight is 278 g/mol. The lowest BCUT2D eigenvalue weighted by Gasteiger charge is -2.26. The number of carbonyl (C=O) groups is 1. The molecule has 1 amide bonds. The lowest BCUT2D eigenvalue weighted by Crippen LogP contribution is -2.34. The number of carbonyl (C=O) groups excluding carboxylic acids is 1. The molecule has 0 aliphatic carbocycles. The Balaban J connectivity index is 2.26. The lowest BCUT2D eigenvalue weighted by atomic mass is 10.1. The van der Waals surface area contributed by atoms with Crippen molar-refractivity contribution in [1.29, 1.82) is 0 Å². The molecule has 1 aliphatic heterocycles. The summed E-state index contributed by atoms with van der Waals surface area (Å²) in [6.07, 6.45) is 1.56. The van der Waals surface area contributed by atoms with Crippen molar-refractivity contribution in [3.63, 3.8) is 0 Å². The van der Waals surface area contributed by atoms with Crippen LogP contribution in [0, 0.1) is 11.7 Å². The van der Waals surface area contributed by atoms with E-state index in [2.05, 4.69) is 26.1 Å². The van der Waals surface area contributed by atoms with Crippen molar-refractivity contribution < 1.29 is 9.18 Å². The predicted molar refractivity (Wildman–Crippen MR) is 77.5 cm³/mol. The minimum Gasteiger partial charge on any atom is -0.321 e. The minimum atomic E-state index is -0.264. The molecule has 2 rings (SSSR count). The van der Waals surface area contributed by atoms with Gasteiger partial charge in [-0.15, -0.1) is 0 Å². The molecule has 4 heteroatoms. The van der Waals surface area contributed by atoms with Gasteiger partial charge in [0.1, 0.15) is 12.0 Å². The highest BCUT2D eigenvalue weighted by Crippen LogP contribution is 2.28. The maximum absolute atomic E-state index is 13.4. The third kappa shape index (κ3) is 3.18. The summed E-state index contributed by atoms with van der Waals surface area (Å²) >= 11 is 0. The summed E-state index contributed by atoms with van der Waals surface area (Å²) in [6.45, 7) is 6.93. The van der Waals surface area contributed by atoms with Crippen molar-refractivity contribution in [2.45, 2.75) is 45.8 Å². The lowest BCUT2D eigenvalue weighted by molar-refractivity contribution is -0.130. The molecular weight excluding hydrogens is 255 g/mol. The summed E-state index contributed by atoms with van der Waals surface area (Å²) in [6, 6.07) is 6.35. The van der Waals surface area contributed by atoms with Crippen LogP contribution in [0.5, 0.6) is 0 Å². The Hall–Kier alpha value is -1.42. The van der Waals surface area contributed by atoms with Crippen LogP contribution in [-0.2, 0) is 4.79 Å². The number of rotatable bonds is 5. The Morgan fingerprint density at radius 2 is 2.15 bits per heavy atom. The third-order valence-corrected chi connectivity index (χ3v) is 3.56. The van der Waals surface area contributed by atoms with Crippen LogP contribution in [0.3, 0.4) is 0 Å². The first-order valence-corrected chi connectivity index (χ1v) is 7.35. The van der Waals surface area contributed by atoms with Crippen molar-refractivity contribution >= 4 is 5.91 Å². The molecule has 20 heavy (non-hydrogen) atoms. The van der Waals surface area contributed by atoms with Crippen LogP contribution in [-0.4, -0.2) is 23.4 Å². The Kier molecular flexibility index (Phi) is 4.76. The van der Waals surface area contributed by atoms with Gasteiger partial charge in [0, 0.05) is 6.54 Å². The number of halogens is 1. The molecule has 1 aliphatic rings. The van der Waals surface area contributed by atoms with Gasteiger partial charge in [0.15, 0.2) is 0 Å². The fourth-order valence-corrected chi connectivity index (χ4v) is 2.72. The maximum atomic E-state index is 13.4. The van der Waals surface area contributed by atoms with Crippen LogP contribution in [0.15, 0.2) is 24.3 Å². The average Bonchev–Trinajstić information content (AvgIpc) is 2.68. The first-order chi connectivity index (χ1) is 9.52. The largest absolute Gasteiger partial charge is 0.321 e. The van der Waals surface area contributed by atoms with Gasteiger partial charge in [-0.1, -0.05) is 39.3 Å². The van der Waals surface area contributed by atoms with E-state index in [1.54, 1.807) is 6.07 Å². The van der Waals surface area contributed by atoms with Gasteiger partial charge in [-0.25, -0.2) is 4.39 Å². The van der Waals surface area contributed by atoms with Gasteiger partial charge in [-0.05, 0) is 30.0 Å². The zero-order chi connectivity index (χ0) is 14.7. The highest BCUT2D eigenvalue weighted by atomic mass is 19.1. The molecular formula is C16H23FN2O. The van der Waals surface area contributed by atoms with Crippen molar-refractivity contribution in [3.8, 4) is 0 Å². The number of nitrogens with zero attached hydrogens (tertiary/aromatic N) is 1. The molecule has 1 fully saturated rings. The smallest absolute Gasteiger partial charge is 0.241 e. The molecule has 0 radical (unpaired) electrons. The molecule has 2 unspecified atom stereocenters. The summed E-state index contributed by atoms with van der Waals surface area (Å²) in [7, 11) is 0. The Morgan fingerprint density at radius 1 is 1.40 bits per heavy atom. The molecule has 0 aromatic heterocycles. The van der Waals surface area contributed by atoms with E-state index in [9.17, 15) is 9.18 Å². The van der Waals surface area contributed by atoms with E-state index >= 15 is 0 Å². The van der Waals surface area contributed by atoms with Crippen LogP contribution in [0.2, 0.25) is 0 Å². The number of benzene rings is 1. The number of nitrogens with one attached hydrogen (secondary N) is 1. The van der Waals surface area contributed by atoms with Gasteiger partial charge in [-0.3, -0.25) is 10.1 Å². The quantitative estimate of drug-likeness (QED) is 0.897. The predicted octanol–water partition coefficient (Wildman–Crippen LogP) is 3.08. The highest BCUT2D eigenvalue weighted by molar-refractivity contribution is 5.84. The van der Waals surface area contributed by atoms with Gasteiger partial charge in [0.2, 0.25) is 5.91 Å². The SMILES string of the molecule is CCCC1NC(c2cccc(F)c2)N(CC(C)C)C1=O. The highest BCUT2D eigenvalue weighted by Gasteiger charge is 2.39. The van der Waals surface area contributed by atoms with Crippen molar-refractivity contribution in [2.75, 3.05) is 6.54 Å². The van der Waals surface area contributed by atoms with Crippen LogP contribution in [0.25, 0.3) is 0 Å². The third-order valence-electron chi connectivity index (χ3n) is 3.56. The van der Waals surface area contributed by atoms with E-state index in [0.29, 0.717) is 12.5 Å². The Bertz CT molecular complexity index is 475. The number of hydrogen-bond donors (Lipinski definition) is 1. The van der Waals surface area contributed by atoms with Gasteiger partial charge < -0.3 is 4.90 Å². The van der Waals surface area contributed by atoms with Gasteiger partial charge in [0.25, 0.3) is 0 Å². The Labute approximate surface area is 120 Å². The van der Waals surface area contributed by atoms with Crippen molar-refractivity contribution in [3.05, 3.63) is 35.6 Å². The molecule has 3 nitrogen and oxygen atoms in total. The molecule has 0 bridgehead atoms. The summed E-state index contributed by atoms with van der Waals surface area (Å²) in [4.78, 5) is 14.3. The van der Waals surface area contributed by atoms with Crippen molar-refractivity contribution in [2.24, 2.45) is 5.92 Å². The zero-order valence-electron chi connectivity index (χ0n) is 12.4. The van der Waals surface area contributed by atoms with E-state index in [4.69, 9.17) is 0 Å². The van der Waals surface area contributed by atoms with Crippen molar-refractivity contribution in [1.82, 2.24) is 10.2 Å². The van der Waals surface area contributed by atoms with E-state index in [1.165, 1.54) is 12.1 Å². The molecule has 1 N–H and O–H groups in total. The topological polar surface area (TPSA) is 32.3 Å². The normalized spacial score (nSPS) is 22.9. The van der Waals surface area contributed by atoms with E-state index in [0.717, 1.165) is 18.4 Å². The second-order valence-corrected chi connectivity index (χ2v) is 5.85. The van der Waals surface area contributed by atoms with Crippen LogP contribution in [0.1, 0.15) is 45.3 Å². The first-order valence-electron chi connectivity index (χ1n) is 7.35. The molecule has 0 spiro atoms. The summed E-state index contributed by atoms with van der Waals surface area (Å²) in [5, 5.41) is 3.35. The summed E-state index contributed by atoms with van der Waals surface area (Å²) < 4.78 is 13.4. The Morgan fingerprint density at radius 3 is 2.75 bits per heavy atom. The monoisotopic (exact) mass is 278 g/mol. The standard InChI is InChI=1S/C16H23FN2O/c1-4-6-14-16(20)19(10-11(2)3)15(18-14)12-7-5-8-13(17)9-12/h5,7-9,11,14-15,18H,4,6,10H2,1-3H3. The molecule has 1 heterocycles. The summed E-state index contributed by atoms with van der Waals surface area (Å²) in [5.41, 5.74) is 0.817. The second kappa shape index (κ2) is 6.35. The van der Waals surface area contributed by atoms with Crippen LogP contribution >= 0.6 is 0 Å². The zero-order valence-corrected chi connectivity index (χ0v) is 12.4. The fraction of sp³-hybridized carbons (Fsp3) is 0.562. The van der Waals surface area contributed by atoms with Crippen LogP contribution in [0.4, 0.5) is 4.39 Å². The van der Waals surface area contributed by atoms with Gasteiger partial charge in [-0.2, -0.15) is 0 Å². The molecule has 1 saturated heterocycles.